The quantitative estimate of drug-likeness (QED) is 0.554. The van der Waals surface area contributed by atoms with Crippen LogP contribution in [0.15, 0.2) is 28.3 Å². The van der Waals surface area contributed by atoms with E-state index in [0.717, 1.165) is 44.2 Å². The molecular weight excluding hydrogens is 446 g/mol. The lowest BCUT2D eigenvalue weighted by Crippen LogP contribution is -2.49. The van der Waals surface area contributed by atoms with Crippen LogP contribution < -0.4 is 5.32 Å². The van der Waals surface area contributed by atoms with Crippen molar-refractivity contribution in [2.45, 2.75) is 74.0 Å². The number of hydrogen-bond donors (Lipinski definition) is 1. The summed E-state index contributed by atoms with van der Waals surface area (Å²) in [7, 11) is -0.559. The van der Waals surface area contributed by atoms with Crippen molar-refractivity contribution in [2.75, 3.05) is 19.8 Å². The van der Waals surface area contributed by atoms with Gasteiger partial charge in [-0.2, -0.15) is 5.26 Å². The predicted octanol–water partition coefficient (Wildman–Crippen LogP) is 3.52. The first-order valence-corrected chi connectivity index (χ1v) is 13.4. The normalized spacial score (nSPS) is 16.2. The summed E-state index contributed by atoms with van der Waals surface area (Å²) >= 11 is 1.32. The molecule has 32 heavy (non-hydrogen) atoms. The molecule has 0 spiro atoms. The molecule has 1 aliphatic rings. The number of benzene rings is 1. The highest BCUT2D eigenvalue weighted by Gasteiger charge is 2.33. The van der Waals surface area contributed by atoms with Crippen molar-refractivity contribution in [3.8, 4) is 6.07 Å². The topological polar surface area (TPSA) is 108 Å². The number of fused-ring (bicyclic) bond motifs is 1. The average Bonchev–Trinajstić information content (AvgIpc) is 3.13. The molecule has 1 N–H and O–H groups in total. The Kier molecular flexibility index (Phi) is 7.85. The maximum atomic E-state index is 12.6. The fourth-order valence-electron chi connectivity index (χ4n) is 3.95. The molecule has 1 aromatic heterocycles. The second kappa shape index (κ2) is 10.2. The number of thioether (sulfide) groups is 1. The lowest BCUT2D eigenvalue weighted by Gasteiger charge is -2.31. The van der Waals surface area contributed by atoms with Gasteiger partial charge in [0.05, 0.1) is 27.8 Å². The zero-order valence-electron chi connectivity index (χ0n) is 18.9. The van der Waals surface area contributed by atoms with E-state index < -0.39 is 15.6 Å². The van der Waals surface area contributed by atoms with Gasteiger partial charge in [0.15, 0.2) is 5.16 Å². The Bertz CT molecular complexity index is 1110. The Morgan fingerprint density at radius 2 is 2.03 bits per heavy atom. The number of nitriles is 1. The molecule has 1 amide bonds. The monoisotopic (exact) mass is 477 g/mol. The Labute approximate surface area is 194 Å². The van der Waals surface area contributed by atoms with Crippen molar-refractivity contribution < 1.29 is 13.2 Å². The van der Waals surface area contributed by atoms with Crippen LogP contribution in [0.2, 0.25) is 0 Å². The van der Waals surface area contributed by atoms with Gasteiger partial charge in [0.2, 0.25) is 15.9 Å². The summed E-state index contributed by atoms with van der Waals surface area (Å²) in [6, 6.07) is 7.28. The van der Waals surface area contributed by atoms with Crippen molar-refractivity contribution in [1.82, 2.24) is 19.2 Å². The Morgan fingerprint density at radius 3 is 2.66 bits per heavy atom. The van der Waals surface area contributed by atoms with E-state index in [0.29, 0.717) is 23.5 Å². The SMILES string of the molecule is CCCCn1c(SCC(=O)NC2(C#N)CCCCC2)nc2cc(S(=O)(=O)N(C)C)ccc21. The molecule has 0 radical (unpaired) electrons. The van der Waals surface area contributed by atoms with E-state index in [2.05, 4.69) is 23.3 Å². The third-order valence-electron chi connectivity index (χ3n) is 5.83. The van der Waals surface area contributed by atoms with E-state index in [-0.39, 0.29) is 16.6 Å². The third kappa shape index (κ3) is 5.27. The third-order valence-corrected chi connectivity index (χ3v) is 8.62. The number of carbonyl (C=O) groups excluding carboxylic acids is 1. The number of unbranched alkanes of at least 4 members (excludes halogenated alkanes) is 1. The molecular formula is C22H31N5O3S2. The molecule has 3 rings (SSSR count). The Hall–Kier alpha value is -2.09. The standard InChI is InChI=1S/C22H31N5O3S2/c1-4-5-13-27-19-10-9-17(32(29,30)26(2)3)14-18(19)24-21(27)31-15-20(28)25-22(16-23)11-7-6-8-12-22/h9-10,14H,4-8,11-13,15H2,1-3H3,(H,25,28). The number of aromatic nitrogens is 2. The van der Waals surface area contributed by atoms with Crippen LogP contribution in [-0.2, 0) is 21.4 Å². The average molecular weight is 478 g/mol. The van der Waals surface area contributed by atoms with Crippen LogP contribution in [0.25, 0.3) is 11.0 Å². The van der Waals surface area contributed by atoms with Gasteiger partial charge in [-0.15, -0.1) is 0 Å². The van der Waals surface area contributed by atoms with Gasteiger partial charge >= 0.3 is 0 Å². The molecule has 0 saturated heterocycles. The zero-order chi connectivity index (χ0) is 23.4. The van der Waals surface area contributed by atoms with Crippen molar-refractivity contribution in [3.05, 3.63) is 18.2 Å². The van der Waals surface area contributed by atoms with Gasteiger partial charge in [0.25, 0.3) is 0 Å². The van der Waals surface area contributed by atoms with Gasteiger partial charge in [-0.05, 0) is 37.5 Å². The molecule has 10 heteroatoms. The molecule has 174 valence electrons. The molecule has 1 saturated carbocycles. The number of carbonyl (C=O) groups is 1. The summed E-state index contributed by atoms with van der Waals surface area (Å²) in [5, 5.41) is 13.2. The van der Waals surface area contributed by atoms with Crippen LogP contribution in [0.4, 0.5) is 0 Å². The number of imidazole rings is 1. The molecule has 8 nitrogen and oxygen atoms in total. The number of rotatable bonds is 9. The molecule has 0 bridgehead atoms. The van der Waals surface area contributed by atoms with Crippen LogP contribution in [0.5, 0.6) is 0 Å². The minimum atomic E-state index is -3.56. The number of nitrogens with one attached hydrogen (secondary N) is 1. The van der Waals surface area contributed by atoms with Crippen LogP contribution >= 0.6 is 11.8 Å². The first-order chi connectivity index (χ1) is 15.2. The van der Waals surface area contributed by atoms with Gasteiger partial charge in [0.1, 0.15) is 5.54 Å². The molecule has 0 aliphatic heterocycles. The van der Waals surface area contributed by atoms with Crippen molar-refractivity contribution in [1.29, 1.82) is 5.26 Å². The number of sulfonamides is 1. The highest BCUT2D eigenvalue weighted by Crippen LogP contribution is 2.29. The maximum absolute atomic E-state index is 12.6. The van der Waals surface area contributed by atoms with Gasteiger partial charge in [-0.25, -0.2) is 17.7 Å². The molecule has 2 aromatic rings. The summed E-state index contributed by atoms with van der Waals surface area (Å²) in [6.07, 6.45) is 6.33. The fraction of sp³-hybridized carbons (Fsp3) is 0.591. The minimum Gasteiger partial charge on any atom is -0.337 e. The van der Waals surface area contributed by atoms with Crippen molar-refractivity contribution in [2.24, 2.45) is 0 Å². The summed E-state index contributed by atoms with van der Waals surface area (Å²) < 4.78 is 28.2. The number of nitrogens with zero attached hydrogens (tertiary/aromatic N) is 4. The second-order valence-electron chi connectivity index (χ2n) is 8.43. The first kappa shape index (κ1) is 24.6. The molecule has 0 atom stereocenters. The summed E-state index contributed by atoms with van der Waals surface area (Å²) in [5.41, 5.74) is 0.681. The van der Waals surface area contributed by atoms with E-state index in [1.807, 2.05) is 4.57 Å². The number of hydrogen-bond acceptors (Lipinski definition) is 6. The summed E-state index contributed by atoms with van der Waals surface area (Å²) in [5.74, 6) is -0.0229. The molecule has 0 unspecified atom stereocenters. The minimum absolute atomic E-state index is 0.154. The van der Waals surface area contributed by atoms with E-state index in [4.69, 9.17) is 0 Å². The van der Waals surface area contributed by atoms with Crippen molar-refractivity contribution >= 4 is 38.7 Å². The highest BCUT2D eigenvalue weighted by atomic mass is 32.2. The first-order valence-electron chi connectivity index (χ1n) is 11.0. The van der Waals surface area contributed by atoms with E-state index in [1.165, 1.54) is 30.2 Å². The van der Waals surface area contributed by atoms with E-state index >= 15 is 0 Å². The zero-order valence-corrected chi connectivity index (χ0v) is 20.6. The largest absolute Gasteiger partial charge is 0.337 e. The van der Waals surface area contributed by atoms with Crippen LogP contribution in [0, 0.1) is 11.3 Å². The molecule has 1 aromatic carbocycles. The lowest BCUT2D eigenvalue weighted by molar-refractivity contribution is -0.120. The van der Waals surface area contributed by atoms with Crippen LogP contribution in [0.1, 0.15) is 51.9 Å². The van der Waals surface area contributed by atoms with Gasteiger partial charge < -0.3 is 9.88 Å². The Balaban J connectivity index is 1.83. The molecule has 1 heterocycles. The van der Waals surface area contributed by atoms with Gasteiger partial charge in [-0.3, -0.25) is 4.79 Å². The lowest BCUT2D eigenvalue weighted by atomic mass is 9.83. The summed E-state index contributed by atoms with van der Waals surface area (Å²) in [4.78, 5) is 17.5. The molecule has 1 aliphatic carbocycles. The van der Waals surface area contributed by atoms with Crippen molar-refractivity contribution in [3.63, 3.8) is 0 Å². The second-order valence-corrected chi connectivity index (χ2v) is 11.5. The molecule has 1 fully saturated rings. The van der Waals surface area contributed by atoms with E-state index in [1.54, 1.807) is 18.2 Å². The van der Waals surface area contributed by atoms with Crippen LogP contribution in [-0.4, -0.2) is 53.6 Å². The predicted molar refractivity (Wildman–Crippen MR) is 126 cm³/mol. The van der Waals surface area contributed by atoms with Crippen LogP contribution in [0.3, 0.4) is 0 Å². The highest BCUT2D eigenvalue weighted by molar-refractivity contribution is 7.99. The smallest absolute Gasteiger partial charge is 0.242 e. The van der Waals surface area contributed by atoms with Gasteiger partial charge in [0, 0.05) is 20.6 Å². The maximum Gasteiger partial charge on any atom is 0.242 e. The van der Waals surface area contributed by atoms with Gasteiger partial charge in [-0.1, -0.05) is 44.4 Å². The number of amides is 1. The fourth-order valence-corrected chi connectivity index (χ4v) is 5.72. The Morgan fingerprint density at radius 1 is 1.31 bits per heavy atom. The van der Waals surface area contributed by atoms with E-state index in [9.17, 15) is 18.5 Å². The summed E-state index contributed by atoms with van der Waals surface area (Å²) in [6.45, 7) is 2.84. The number of aryl methyl sites for hydroxylation is 1.